The number of rotatable bonds is 1. The van der Waals surface area contributed by atoms with E-state index < -0.39 is 0 Å². The quantitative estimate of drug-likeness (QED) is 0.590. The molecule has 0 spiro atoms. The molecule has 2 radical (unpaired) electrons. The summed E-state index contributed by atoms with van der Waals surface area (Å²) in [5.41, 5.74) is 0. The van der Waals surface area contributed by atoms with Crippen molar-refractivity contribution in [3.05, 3.63) is 0 Å². The summed E-state index contributed by atoms with van der Waals surface area (Å²) in [6, 6.07) is 0. The number of piperidine rings is 1. The Hall–Kier alpha value is 0.556. The molecule has 1 aliphatic rings. The molecule has 0 aromatic heterocycles. The number of nitrogens with zero attached hydrogens (tertiary/aromatic N) is 1. The molecule has 1 N–H and O–H groups in total. The van der Waals surface area contributed by atoms with Crippen molar-refractivity contribution in [2.24, 2.45) is 5.92 Å². The molecule has 0 aromatic carbocycles. The van der Waals surface area contributed by atoms with Gasteiger partial charge in [-0.25, -0.2) is 0 Å². The normalized spacial score (nSPS) is 32.0. The molecule has 1 aliphatic heterocycles. The zero-order valence-corrected chi connectivity index (χ0v) is 8.88. The Balaban J connectivity index is 2.32. The predicted octanol–water partition coefficient (Wildman–Crippen LogP) is -0.185. The van der Waals surface area contributed by atoms with Gasteiger partial charge in [0.2, 0.25) is 0 Å². The molecule has 1 saturated heterocycles. The summed E-state index contributed by atoms with van der Waals surface area (Å²) in [7, 11) is 2.13. The fraction of sp³-hybridized carbons (Fsp3) is 1.00. The van der Waals surface area contributed by atoms with Crippen LogP contribution in [-0.4, -0.2) is 53.4 Å². The molecule has 1 heterocycles. The van der Waals surface area contributed by atoms with Gasteiger partial charge in [-0.2, -0.15) is 0 Å². The van der Waals surface area contributed by atoms with Crippen LogP contribution in [0.25, 0.3) is 0 Å². The second-order valence-corrected chi connectivity index (χ2v) is 4.59. The Bertz CT molecular complexity index is 108. The molecule has 0 bridgehead atoms. The van der Waals surface area contributed by atoms with Crippen molar-refractivity contribution in [1.29, 1.82) is 0 Å². The molecular weight excluding hydrogens is 184 g/mol. The summed E-state index contributed by atoms with van der Waals surface area (Å²) in [6.45, 7) is 2.29. The Kier molecular flexibility index (Phi) is 3.29. The molecule has 0 aromatic rings. The molecule has 10 heavy (non-hydrogen) atoms. The van der Waals surface area contributed by atoms with E-state index in [-0.39, 0.29) is 4.66 Å². The van der Waals surface area contributed by atoms with Gasteiger partial charge in [-0.3, -0.25) is 0 Å². The molecule has 0 aliphatic carbocycles. The van der Waals surface area contributed by atoms with Crippen molar-refractivity contribution in [2.45, 2.75) is 17.5 Å². The number of hydrogen-bond acceptors (Lipinski definition) is 2. The monoisotopic (exact) mass is 197 g/mol. The van der Waals surface area contributed by atoms with E-state index >= 15 is 0 Å². The molecule has 0 amide bonds. The van der Waals surface area contributed by atoms with Crippen LogP contribution in [0, 0.1) is 5.92 Å². The van der Waals surface area contributed by atoms with Gasteiger partial charge >= 0.3 is 72.2 Å². The first-order valence-electron chi connectivity index (χ1n) is 3.82. The fourth-order valence-electron chi connectivity index (χ4n) is 1.49. The SMILES string of the molecule is CN1CCCC([CH](O)[Ga])C1. The van der Waals surface area contributed by atoms with Crippen LogP contribution in [0.4, 0.5) is 0 Å². The third kappa shape index (κ3) is 2.31. The van der Waals surface area contributed by atoms with Crippen molar-refractivity contribution in [3.63, 3.8) is 0 Å². The standard InChI is InChI=1S/C7H14NO.Ga/c1-8-4-2-3-7(5-8)6-9;/h6-7,9H,2-5H2,1H3;. The second-order valence-electron chi connectivity index (χ2n) is 3.16. The van der Waals surface area contributed by atoms with Crippen molar-refractivity contribution in [2.75, 3.05) is 20.1 Å². The molecule has 2 atom stereocenters. The summed E-state index contributed by atoms with van der Waals surface area (Å²) < 4.78 is -0.0600. The van der Waals surface area contributed by atoms with Gasteiger partial charge in [0.25, 0.3) is 0 Å². The van der Waals surface area contributed by atoms with E-state index in [2.05, 4.69) is 11.9 Å². The van der Waals surface area contributed by atoms with Crippen molar-refractivity contribution >= 4 is 18.6 Å². The van der Waals surface area contributed by atoms with E-state index in [1.165, 1.54) is 38.0 Å². The van der Waals surface area contributed by atoms with Crippen LogP contribution in [0.15, 0.2) is 0 Å². The summed E-state index contributed by atoms with van der Waals surface area (Å²) in [4.78, 5) is 2.30. The van der Waals surface area contributed by atoms with Gasteiger partial charge in [-0.05, 0) is 0 Å². The number of aliphatic hydroxyl groups is 1. The van der Waals surface area contributed by atoms with E-state index in [0.717, 1.165) is 6.54 Å². The Morgan fingerprint density at radius 3 is 2.80 bits per heavy atom. The van der Waals surface area contributed by atoms with Crippen LogP contribution in [0.5, 0.6) is 0 Å². The summed E-state index contributed by atoms with van der Waals surface area (Å²) in [5.74, 6) is 0.541. The first-order chi connectivity index (χ1) is 4.70. The van der Waals surface area contributed by atoms with E-state index in [1.807, 2.05) is 0 Å². The van der Waals surface area contributed by atoms with E-state index in [0.29, 0.717) is 5.92 Å². The molecule has 2 nitrogen and oxygen atoms in total. The number of likely N-dealkylation sites (tertiary alicyclic amines) is 1. The van der Waals surface area contributed by atoms with Gasteiger partial charge in [0.15, 0.2) is 0 Å². The van der Waals surface area contributed by atoms with Crippen LogP contribution in [0.1, 0.15) is 12.8 Å². The van der Waals surface area contributed by atoms with Gasteiger partial charge < -0.3 is 0 Å². The van der Waals surface area contributed by atoms with E-state index in [1.54, 1.807) is 0 Å². The summed E-state index contributed by atoms with van der Waals surface area (Å²) >= 11 is 1.46. The van der Waals surface area contributed by atoms with Gasteiger partial charge in [0.05, 0.1) is 0 Å². The molecular formula is C7H14GaNO. The zero-order chi connectivity index (χ0) is 7.56. The van der Waals surface area contributed by atoms with E-state index in [4.69, 9.17) is 0 Å². The average molecular weight is 198 g/mol. The first kappa shape index (κ1) is 8.65. The van der Waals surface area contributed by atoms with Crippen LogP contribution >= 0.6 is 0 Å². The van der Waals surface area contributed by atoms with Crippen LogP contribution in [0.2, 0.25) is 0 Å². The van der Waals surface area contributed by atoms with Crippen LogP contribution < -0.4 is 0 Å². The number of hydrogen-bond donors (Lipinski definition) is 1. The van der Waals surface area contributed by atoms with Crippen molar-refractivity contribution < 1.29 is 5.11 Å². The second kappa shape index (κ2) is 3.81. The van der Waals surface area contributed by atoms with Crippen LogP contribution in [0.3, 0.4) is 0 Å². The molecule has 1 fully saturated rings. The third-order valence-corrected chi connectivity index (χ3v) is 3.29. The maximum absolute atomic E-state index is 9.30. The van der Waals surface area contributed by atoms with Gasteiger partial charge in [0.1, 0.15) is 0 Å². The summed E-state index contributed by atoms with van der Waals surface area (Å²) in [6.07, 6.45) is 2.46. The van der Waals surface area contributed by atoms with Crippen molar-refractivity contribution in [1.82, 2.24) is 4.90 Å². The molecule has 3 heteroatoms. The Labute approximate surface area is 72.5 Å². The predicted molar refractivity (Wildman–Crippen MR) is 42.0 cm³/mol. The molecule has 0 saturated carbocycles. The third-order valence-electron chi connectivity index (χ3n) is 2.14. The minimum atomic E-state index is -0.0600. The molecule has 56 valence electrons. The Morgan fingerprint density at radius 1 is 1.70 bits per heavy atom. The van der Waals surface area contributed by atoms with Gasteiger partial charge in [-0.1, -0.05) is 0 Å². The molecule has 2 unspecified atom stereocenters. The zero-order valence-electron chi connectivity index (χ0n) is 6.45. The van der Waals surface area contributed by atoms with Crippen molar-refractivity contribution in [3.8, 4) is 0 Å². The first-order valence-corrected chi connectivity index (χ1v) is 5.22. The van der Waals surface area contributed by atoms with Crippen LogP contribution in [-0.2, 0) is 0 Å². The van der Waals surface area contributed by atoms with Gasteiger partial charge in [-0.15, -0.1) is 0 Å². The molecule has 1 rings (SSSR count). The fourth-order valence-corrected chi connectivity index (χ4v) is 2.14. The topological polar surface area (TPSA) is 23.5 Å². The average Bonchev–Trinajstić information content (AvgIpc) is 1.88. The Morgan fingerprint density at radius 2 is 2.40 bits per heavy atom. The number of aliphatic hydroxyl groups excluding tert-OH is 1. The van der Waals surface area contributed by atoms with E-state index in [9.17, 15) is 5.11 Å². The minimum absolute atomic E-state index is 0.0600. The van der Waals surface area contributed by atoms with Gasteiger partial charge in [0, 0.05) is 0 Å². The maximum atomic E-state index is 9.30. The summed E-state index contributed by atoms with van der Waals surface area (Å²) in [5, 5.41) is 9.30.